The molecule has 0 saturated heterocycles. The van der Waals surface area contributed by atoms with Crippen molar-refractivity contribution in [3.05, 3.63) is 53.6 Å². The Balaban J connectivity index is 1.59. The summed E-state index contributed by atoms with van der Waals surface area (Å²) in [5.41, 5.74) is 1.97. The average molecular weight is 327 g/mol. The van der Waals surface area contributed by atoms with E-state index in [1.165, 1.54) is 0 Å². The molecule has 2 aromatic carbocycles. The Hall–Kier alpha value is -2.69. The van der Waals surface area contributed by atoms with Crippen LogP contribution in [0.4, 0.5) is 0 Å². The van der Waals surface area contributed by atoms with Crippen molar-refractivity contribution >= 4 is 5.91 Å². The summed E-state index contributed by atoms with van der Waals surface area (Å²) in [6.45, 7) is 4.56. The molecule has 0 unspecified atom stereocenters. The highest BCUT2D eigenvalue weighted by atomic mass is 16.7. The summed E-state index contributed by atoms with van der Waals surface area (Å²) in [6.07, 6.45) is 0.0847. The number of amides is 1. The molecule has 0 fully saturated rings. The molecule has 3 rings (SSSR count). The van der Waals surface area contributed by atoms with Gasteiger partial charge >= 0.3 is 0 Å². The van der Waals surface area contributed by atoms with Crippen molar-refractivity contribution in [1.29, 1.82) is 0 Å². The van der Waals surface area contributed by atoms with Crippen LogP contribution < -0.4 is 19.5 Å². The molecule has 0 radical (unpaired) electrons. The van der Waals surface area contributed by atoms with Gasteiger partial charge in [0.15, 0.2) is 17.6 Å². The van der Waals surface area contributed by atoms with Crippen LogP contribution in [0.25, 0.3) is 0 Å². The minimum absolute atomic E-state index is 0.126. The number of benzene rings is 2. The van der Waals surface area contributed by atoms with E-state index in [1.807, 2.05) is 56.3 Å². The summed E-state index contributed by atoms with van der Waals surface area (Å²) in [5, 5.41) is 2.92. The molecule has 5 nitrogen and oxygen atoms in total. The van der Waals surface area contributed by atoms with E-state index >= 15 is 0 Å². The molecule has 1 aliphatic rings. The fourth-order valence-corrected chi connectivity index (χ4v) is 2.52. The van der Waals surface area contributed by atoms with Gasteiger partial charge in [-0.3, -0.25) is 4.79 Å². The monoisotopic (exact) mass is 327 g/mol. The van der Waals surface area contributed by atoms with Gasteiger partial charge in [-0.25, -0.2) is 0 Å². The standard InChI is InChI=1S/C19H21NO4/c1-3-15(24-16-7-5-4-6-13(16)2)19(21)20-11-14-8-9-17-18(10-14)23-12-22-17/h4-10,15H,3,11-12H2,1-2H3,(H,20,21)/t15-/m0/s1. The number of hydrogen-bond acceptors (Lipinski definition) is 4. The van der Waals surface area contributed by atoms with Crippen LogP contribution in [-0.4, -0.2) is 18.8 Å². The van der Waals surface area contributed by atoms with Crippen LogP contribution >= 0.6 is 0 Å². The molecule has 0 saturated carbocycles. The van der Waals surface area contributed by atoms with E-state index < -0.39 is 6.10 Å². The van der Waals surface area contributed by atoms with Gasteiger partial charge in [-0.2, -0.15) is 0 Å². The zero-order valence-electron chi connectivity index (χ0n) is 13.9. The molecule has 1 amide bonds. The van der Waals surface area contributed by atoms with E-state index in [-0.39, 0.29) is 12.7 Å². The first-order valence-corrected chi connectivity index (χ1v) is 8.06. The quantitative estimate of drug-likeness (QED) is 0.885. The maximum atomic E-state index is 12.4. The second kappa shape index (κ2) is 7.25. The van der Waals surface area contributed by atoms with Crippen molar-refractivity contribution in [2.24, 2.45) is 0 Å². The predicted octanol–water partition coefficient (Wildman–Crippen LogP) is 3.20. The third-order valence-corrected chi connectivity index (χ3v) is 3.93. The number of para-hydroxylation sites is 1. The van der Waals surface area contributed by atoms with Crippen molar-refractivity contribution in [2.75, 3.05) is 6.79 Å². The molecule has 0 aliphatic carbocycles. The second-order valence-corrected chi connectivity index (χ2v) is 5.69. The van der Waals surface area contributed by atoms with Crippen molar-refractivity contribution in [3.63, 3.8) is 0 Å². The third-order valence-electron chi connectivity index (χ3n) is 3.93. The lowest BCUT2D eigenvalue weighted by Crippen LogP contribution is -2.37. The molecule has 5 heteroatoms. The first kappa shape index (κ1) is 16.2. The number of carbonyl (C=O) groups is 1. The first-order chi connectivity index (χ1) is 11.7. The van der Waals surface area contributed by atoms with Gasteiger partial charge in [0, 0.05) is 6.54 Å². The highest BCUT2D eigenvalue weighted by Crippen LogP contribution is 2.32. The van der Waals surface area contributed by atoms with Crippen LogP contribution in [0.15, 0.2) is 42.5 Å². The molecule has 0 aromatic heterocycles. The summed E-state index contributed by atoms with van der Waals surface area (Å²) in [4.78, 5) is 12.4. The lowest BCUT2D eigenvalue weighted by Gasteiger charge is -2.18. The van der Waals surface area contributed by atoms with E-state index in [0.717, 1.165) is 22.6 Å². The van der Waals surface area contributed by atoms with Crippen LogP contribution in [0.2, 0.25) is 0 Å². The molecule has 1 N–H and O–H groups in total. The first-order valence-electron chi connectivity index (χ1n) is 8.06. The van der Waals surface area contributed by atoms with Crippen LogP contribution in [-0.2, 0) is 11.3 Å². The van der Waals surface area contributed by atoms with Crippen molar-refractivity contribution in [2.45, 2.75) is 32.9 Å². The van der Waals surface area contributed by atoms with Gasteiger partial charge in [0.1, 0.15) is 5.75 Å². The van der Waals surface area contributed by atoms with E-state index in [1.54, 1.807) is 0 Å². The van der Waals surface area contributed by atoms with Crippen LogP contribution in [0.5, 0.6) is 17.2 Å². The van der Waals surface area contributed by atoms with E-state index in [2.05, 4.69) is 5.32 Å². The molecule has 0 spiro atoms. The van der Waals surface area contributed by atoms with Crippen LogP contribution in [0, 0.1) is 6.92 Å². The lowest BCUT2D eigenvalue weighted by molar-refractivity contribution is -0.128. The minimum Gasteiger partial charge on any atom is -0.480 e. The fraction of sp³-hybridized carbons (Fsp3) is 0.316. The average Bonchev–Trinajstić information content (AvgIpc) is 3.06. The van der Waals surface area contributed by atoms with Crippen molar-refractivity contribution in [3.8, 4) is 17.2 Å². The lowest BCUT2D eigenvalue weighted by atomic mass is 10.2. The largest absolute Gasteiger partial charge is 0.480 e. The zero-order chi connectivity index (χ0) is 16.9. The second-order valence-electron chi connectivity index (χ2n) is 5.69. The number of ether oxygens (including phenoxy) is 3. The van der Waals surface area contributed by atoms with Gasteiger partial charge in [0.25, 0.3) is 5.91 Å². The summed E-state index contributed by atoms with van der Waals surface area (Å²) in [6, 6.07) is 13.3. The Bertz CT molecular complexity index is 729. The number of hydrogen-bond donors (Lipinski definition) is 1. The maximum Gasteiger partial charge on any atom is 0.261 e. The molecule has 2 aromatic rings. The zero-order valence-corrected chi connectivity index (χ0v) is 13.9. The smallest absolute Gasteiger partial charge is 0.261 e. The van der Waals surface area contributed by atoms with Crippen molar-refractivity contribution in [1.82, 2.24) is 5.32 Å². The van der Waals surface area contributed by atoms with Gasteiger partial charge in [-0.05, 0) is 42.7 Å². The Morgan fingerprint density at radius 2 is 2.00 bits per heavy atom. The van der Waals surface area contributed by atoms with Crippen LogP contribution in [0.3, 0.4) is 0 Å². The predicted molar refractivity (Wildman–Crippen MR) is 90.3 cm³/mol. The number of fused-ring (bicyclic) bond motifs is 1. The third kappa shape index (κ3) is 3.62. The SMILES string of the molecule is CC[C@H](Oc1ccccc1C)C(=O)NCc1ccc2c(c1)OCO2. The van der Waals surface area contributed by atoms with Gasteiger partial charge in [0.05, 0.1) is 0 Å². The van der Waals surface area contributed by atoms with Crippen LogP contribution in [0.1, 0.15) is 24.5 Å². The van der Waals surface area contributed by atoms with Gasteiger partial charge in [-0.15, -0.1) is 0 Å². The summed E-state index contributed by atoms with van der Waals surface area (Å²) in [7, 11) is 0. The molecule has 126 valence electrons. The van der Waals surface area contributed by atoms with E-state index in [0.29, 0.717) is 18.7 Å². The number of nitrogens with one attached hydrogen (secondary N) is 1. The van der Waals surface area contributed by atoms with E-state index in [4.69, 9.17) is 14.2 Å². The van der Waals surface area contributed by atoms with Gasteiger partial charge in [0.2, 0.25) is 6.79 Å². The highest BCUT2D eigenvalue weighted by Gasteiger charge is 2.19. The summed E-state index contributed by atoms with van der Waals surface area (Å²) < 4.78 is 16.5. The van der Waals surface area contributed by atoms with Crippen molar-refractivity contribution < 1.29 is 19.0 Å². The molecule has 1 aliphatic heterocycles. The van der Waals surface area contributed by atoms with Gasteiger partial charge in [-0.1, -0.05) is 31.2 Å². The highest BCUT2D eigenvalue weighted by molar-refractivity contribution is 5.81. The minimum atomic E-state index is -0.514. The molecular formula is C19H21NO4. The molecule has 1 heterocycles. The topological polar surface area (TPSA) is 56.8 Å². The number of rotatable bonds is 6. The fourth-order valence-electron chi connectivity index (χ4n) is 2.52. The Kier molecular flexibility index (Phi) is 4.89. The summed E-state index contributed by atoms with van der Waals surface area (Å²) in [5.74, 6) is 2.06. The molecular weight excluding hydrogens is 306 g/mol. The Morgan fingerprint density at radius 1 is 1.21 bits per heavy atom. The molecule has 1 atom stereocenters. The summed E-state index contributed by atoms with van der Waals surface area (Å²) >= 11 is 0. The maximum absolute atomic E-state index is 12.4. The Labute approximate surface area is 141 Å². The van der Waals surface area contributed by atoms with E-state index in [9.17, 15) is 4.79 Å². The number of carbonyl (C=O) groups excluding carboxylic acids is 1. The van der Waals surface area contributed by atoms with Gasteiger partial charge < -0.3 is 19.5 Å². The normalized spacial score (nSPS) is 13.4. The molecule has 0 bridgehead atoms. The Morgan fingerprint density at radius 3 is 2.79 bits per heavy atom. The number of aryl methyl sites for hydroxylation is 1. The molecule has 24 heavy (non-hydrogen) atoms.